The maximum absolute atomic E-state index is 12.9. The van der Waals surface area contributed by atoms with Crippen LogP contribution in [-0.2, 0) is 20.8 Å². The molecule has 0 saturated carbocycles. The number of benzene rings is 2. The zero-order chi connectivity index (χ0) is 26.4. The highest BCUT2D eigenvalue weighted by atomic mass is 16.5. The molecule has 0 spiro atoms. The number of rotatable bonds is 8. The molecule has 194 valence electrons. The number of hydrogen-bond acceptors (Lipinski definition) is 10. The monoisotopic (exact) mass is 508 g/mol. The Hall–Kier alpha value is -4.25. The smallest absolute Gasteiger partial charge is 0.337 e. The molecule has 2 aromatic carbocycles. The van der Waals surface area contributed by atoms with Crippen molar-refractivity contribution in [2.75, 3.05) is 39.7 Å². The Kier molecular flexibility index (Phi) is 8.14. The van der Waals surface area contributed by atoms with Crippen molar-refractivity contribution in [2.24, 2.45) is 5.92 Å². The Labute approximate surface area is 213 Å². The van der Waals surface area contributed by atoms with Gasteiger partial charge in [-0.15, -0.1) is 0 Å². The molecule has 4 rings (SSSR count). The first-order chi connectivity index (χ1) is 17.9. The third-order valence-corrected chi connectivity index (χ3v) is 6.18. The molecule has 1 saturated heterocycles. The molecule has 1 aliphatic rings. The Balaban J connectivity index is 1.33. The van der Waals surface area contributed by atoms with E-state index < -0.39 is 11.9 Å². The summed E-state index contributed by atoms with van der Waals surface area (Å²) in [7, 11) is 4.10. The van der Waals surface area contributed by atoms with E-state index in [1.165, 1.54) is 32.4 Å². The minimum absolute atomic E-state index is 0.143. The molecular weight excluding hydrogens is 480 g/mol. The second-order valence-electron chi connectivity index (χ2n) is 8.56. The largest absolute Gasteiger partial charge is 0.497 e. The summed E-state index contributed by atoms with van der Waals surface area (Å²) in [6.07, 6.45) is 1.26. The van der Waals surface area contributed by atoms with Crippen LogP contribution in [-0.4, -0.2) is 67.3 Å². The predicted octanol–water partition coefficient (Wildman–Crippen LogP) is 3.17. The molecule has 0 unspecified atom stereocenters. The number of methoxy groups -OCH3 is 3. The van der Waals surface area contributed by atoms with Gasteiger partial charge in [0.15, 0.2) is 0 Å². The lowest BCUT2D eigenvalue weighted by molar-refractivity contribution is -0.121. The van der Waals surface area contributed by atoms with Crippen LogP contribution in [0.25, 0.3) is 11.4 Å². The SMILES string of the molecule is COC(=O)c1cc(NC(=O)C2CCN(Cc3nc(-c4ccc(OC)cc4)no3)CC2)cc(C(=O)OC)c1. The number of amides is 1. The Morgan fingerprint density at radius 1 is 0.973 bits per heavy atom. The fraction of sp³-hybridized carbons (Fsp3) is 0.346. The number of piperidine rings is 1. The van der Waals surface area contributed by atoms with Gasteiger partial charge in [-0.3, -0.25) is 9.69 Å². The normalized spacial score (nSPS) is 14.1. The van der Waals surface area contributed by atoms with E-state index in [1.807, 2.05) is 24.3 Å². The maximum Gasteiger partial charge on any atom is 0.337 e. The minimum Gasteiger partial charge on any atom is -0.497 e. The third kappa shape index (κ3) is 6.31. The van der Waals surface area contributed by atoms with Crippen LogP contribution >= 0.6 is 0 Å². The molecule has 0 radical (unpaired) electrons. The van der Waals surface area contributed by atoms with E-state index in [1.54, 1.807) is 7.11 Å². The predicted molar refractivity (Wildman–Crippen MR) is 132 cm³/mol. The molecule has 3 aromatic rings. The molecule has 1 amide bonds. The summed E-state index contributed by atoms with van der Waals surface area (Å²) in [6, 6.07) is 11.7. The summed E-state index contributed by atoms with van der Waals surface area (Å²) in [5.41, 5.74) is 1.44. The van der Waals surface area contributed by atoms with Crippen LogP contribution in [0.5, 0.6) is 5.75 Å². The van der Waals surface area contributed by atoms with E-state index in [2.05, 4.69) is 20.4 Å². The number of carbonyl (C=O) groups is 3. The van der Waals surface area contributed by atoms with Crippen LogP contribution in [0.2, 0.25) is 0 Å². The lowest BCUT2D eigenvalue weighted by atomic mass is 9.95. The number of esters is 2. The number of nitrogens with zero attached hydrogens (tertiary/aromatic N) is 3. The standard InChI is InChI=1S/C26H28N4O7/c1-34-21-6-4-16(5-7-21)23-28-22(37-29-23)15-30-10-8-17(9-11-30)24(31)27-20-13-18(25(32)35-2)12-19(14-20)26(33)36-3/h4-7,12-14,17H,8-11,15H2,1-3H3,(H,27,31). The van der Waals surface area contributed by atoms with Crippen molar-refractivity contribution in [1.82, 2.24) is 15.0 Å². The van der Waals surface area contributed by atoms with E-state index in [-0.39, 0.29) is 23.0 Å². The zero-order valence-electron chi connectivity index (χ0n) is 20.9. The lowest BCUT2D eigenvalue weighted by Crippen LogP contribution is -2.37. The first-order valence-electron chi connectivity index (χ1n) is 11.7. The van der Waals surface area contributed by atoms with Gasteiger partial charge in [-0.1, -0.05) is 5.16 Å². The minimum atomic E-state index is -0.620. The topological polar surface area (TPSA) is 133 Å². The van der Waals surface area contributed by atoms with Gasteiger partial charge >= 0.3 is 11.9 Å². The van der Waals surface area contributed by atoms with E-state index in [0.29, 0.717) is 49.9 Å². The molecule has 1 N–H and O–H groups in total. The van der Waals surface area contributed by atoms with Gasteiger partial charge in [-0.05, 0) is 68.4 Å². The zero-order valence-corrected chi connectivity index (χ0v) is 20.9. The number of likely N-dealkylation sites (tertiary alicyclic amines) is 1. The number of aromatic nitrogens is 2. The highest BCUT2D eigenvalue weighted by molar-refractivity contribution is 6.00. The molecule has 0 atom stereocenters. The lowest BCUT2D eigenvalue weighted by Gasteiger charge is -2.30. The third-order valence-electron chi connectivity index (χ3n) is 6.18. The Morgan fingerprint density at radius 3 is 2.16 bits per heavy atom. The Bertz CT molecular complexity index is 1230. The van der Waals surface area contributed by atoms with Crippen molar-refractivity contribution in [3.05, 3.63) is 59.5 Å². The molecule has 2 heterocycles. The van der Waals surface area contributed by atoms with Gasteiger partial charge in [0.25, 0.3) is 0 Å². The van der Waals surface area contributed by atoms with Crippen LogP contribution in [0.1, 0.15) is 39.4 Å². The molecule has 11 heteroatoms. The summed E-state index contributed by atoms with van der Waals surface area (Å²) >= 11 is 0. The van der Waals surface area contributed by atoms with Gasteiger partial charge in [0.05, 0.1) is 39.0 Å². The molecule has 0 bridgehead atoms. The van der Waals surface area contributed by atoms with Crippen molar-refractivity contribution in [3.8, 4) is 17.1 Å². The van der Waals surface area contributed by atoms with Gasteiger partial charge in [-0.2, -0.15) is 4.98 Å². The molecule has 11 nitrogen and oxygen atoms in total. The summed E-state index contributed by atoms with van der Waals surface area (Å²) in [4.78, 5) is 43.6. The van der Waals surface area contributed by atoms with Gasteiger partial charge < -0.3 is 24.1 Å². The van der Waals surface area contributed by atoms with Crippen molar-refractivity contribution in [3.63, 3.8) is 0 Å². The molecule has 1 aromatic heterocycles. The summed E-state index contributed by atoms with van der Waals surface area (Å²) in [6.45, 7) is 1.84. The maximum atomic E-state index is 12.9. The number of nitrogens with one attached hydrogen (secondary N) is 1. The van der Waals surface area contributed by atoms with Crippen molar-refractivity contribution < 1.29 is 33.1 Å². The molecule has 1 aliphatic heterocycles. The van der Waals surface area contributed by atoms with Crippen molar-refractivity contribution in [1.29, 1.82) is 0 Å². The van der Waals surface area contributed by atoms with Crippen molar-refractivity contribution in [2.45, 2.75) is 19.4 Å². The fourth-order valence-electron chi connectivity index (χ4n) is 4.14. The van der Waals surface area contributed by atoms with Crippen LogP contribution < -0.4 is 10.1 Å². The first kappa shape index (κ1) is 25.8. The van der Waals surface area contributed by atoms with Gasteiger partial charge in [0.2, 0.25) is 17.6 Å². The van der Waals surface area contributed by atoms with E-state index >= 15 is 0 Å². The van der Waals surface area contributed by atoms with Crippen LogP contribution in [0.4, 0.5) is 5.69 Å². The van der Waals surface area contributed by atoms with E-state index in [4.69, 9.17) is 18.7 Å². The first-order valence-corrected chi connectivity index (χ1v) is 11.7. The van der Waals surface area contributed by atoms with Gasteiger partial charge in [0, 0.05) is 17.2 Å². The molecule has 1 fully saturated rings. The summed E-state index contributed by atoms with van der Waals surface area (Å²) < 4.78 is 20.1. The van der Waals surface area contributed by atoms with E-state index in [0.717, 1.165) is 11.3 Å². The molecule has 37 heavy (non-hydrogen) atoms. The fourth-order valence-corrected chi connectivity index (χ4v) is 4.14. The molecule has 0 aliphatic carbocycles. The number of ether oxygens (including phenoxy) is 3. The van der Waals surface area contributed by atoms with Crippen LogP contribution in [0, 0.1) is 5.92 Å². The van der Waals surface area contributed by atoms with E-state index in [9.17, 15) is 14.4 Å². The second-order valence-corrected chi connectivity index (χ2v) is 8.56. The quantitative estimate of drug-likeness (QED) is 0.452. The highest BCUT2D eigenvalue weighted by Crippen LogP contribution is 2.24. The van der Waals surface area contributed by atoms with Crippen molar-refractivity contribution >= 4 is 23.5 Å². The second kappa shape index (κ2) is 11.7. The summed E-state index contributed by atoms with van der Waals surface area (Å²) in [5.74, 6) is 0.112. The average Bonchev–Trinajstić information content (AvgIpc) is 3.40. The number of hydrogen-bond donors (Lipinski definition) is 1. The van der Waals surface area contributed by atoms with Gasteiger partial charge in [-0.25, -0.2) is 9.59 Å². The Morgan fingerprint density at radius 2 is 1.59 bits per heavy atom. The number of carbonyl (C=O) groups excluding carboxylic acids is 3. The summed E-state index contributed by atoms with van der Waals surface area (Å²) in [5, 5.41) is 6.89. The van der Waals surface area contributed by atoms with Gasteiger partial charge in [0.1, 0.15) is 5.75 Å². The molecular formula is C26H28N4O7. The average molecular weight is 509 g/mol. The number of anilines is 1. The highest BCUT2D eigenvalue weighted by Gasteiger charge is 2.27. The van der Waals surface area contributed by atoms with Crippen LogP contribution in [0.15, 0.2) is 47.0 Å². The van der Waals surface area contributed by atoms with Crippen LogP contribution in [0.3, 0.4) is 0 Å².